The van der Waals surface area contributed by atoms with Gasteiger partial charge in [0.15, 0.2) is 11.5 Å². The number of hydrogen-bond donors (Lipinski definition) is 1. The number of fused-ring (bicyclic) bond motifs is 1. The number of nitrogens with zero attached hydrogens (tertiary/aromatic N) is 2. The highest BCUT2D eigenvalue weighted by atomic mass is 32.2. The fourth-order valence-corrected chi connectivity index (χ4v) is 3.48. The highest BCUT2D eigenvalue weighted by Crippen LogP contribution is 2.34. The SMILES string of the molecule is CC[C@H](Cn1ccnc1)NC(=O)CCSc1ccc2c(c1)OCCO2. The van der Waals surface area contributed by atoms with Crippen LogP contribution in [0.4, 0.5) is 0 Å². The molecule has 0 spiro atoms. The first kappa shape index (κ1) is 17.7. The second-order valence-corrected chi connectivity index (χ2v) is 7.00. The van der Waals surface area contributed by atoms with E-state index in [1.165, 1.54) is 0 Å². The average molecular weight is 361 g/mol. The second kappa shape index (κ2) is 8.80. The molecule has 1 amide bonds. The standard InChI is InChI=1S/C18H23N3O3S/c1-2-14(12-21-7-6-19-13-21)20-18(22)5-10-25-15-3-4-16-17(11-15)24-9-8-23-16/h3-4,6-7,11,13-14H,2,5,8-10,12H2,1H3,(H,20,22)/t14-/m1/s1. The molecule has 0 aliphatic carbocycles. The summed E-state index contributed by atoms with van der Waals surface area (Å²) in [7, 11) is 0. The number of carbonyl (C=O) groups excluding carboxylic acids is 1. The highest BCUT2D eigenvalue weighted by Gasteiger charge is 2.13. The van der Waals surface area contributed by atoms with Crippen molar-refractivity contribution in [3.05, 3.63) is 36.9 Å². The summed E-state index contributed by atoms with van der Waals surface area (Å²) >= 11 is 1.65. The fraction of sp³-hybridized carbons (Fsp3) is 0.444. The molecule has 1 aromatic carbocycles. The maximum Gasteiger partial charge on any atom is 0.221 e. The summed E-state index contributed by atoms with van der Waals surface area (Å²) in [5.41, 5.74) is 0. The number of rotatable bonds is 8. The van der Waals surface area contributed by atoms with E-state index in [2.05, 4.69) is 17.2 Å². The number of nitrogens with one attached hydrogen (secondary N) is 1. The number of thioether (sulfide) groups is 1. The zero-order valence-corrected chi connectivity index (χ0v) is 15.1. The minimum atomic E-state index is 0.0806. The van der Waals surface area contributed by atoms with E-state index in [4.69, 9.17) is 9.47 Å². The summed E-state index contributed by atoms with van der Waals surface area (Å²) in [6, 6.07) is 6.03. The molecular weight excluding hydrogens is 338 g/mol. The molecule has 0 radical (unpaired) electrons. The Bertz CT molecular complexity index is 691. The Morgan fingerprint density at radius 1 is 1.36 bits per heavy atom. The van der Waals surface area contributed by atoms with Crippen LogP contribution in [0.25, 0.3) is 0 Å². The van der Waals surface area contributed by atoms with E-state index in [0.29, 0.717) is 19.6 Å². The van der Waals surface area contributed by atoms with Gasteiger partial charge in [0.1, 0.15) is 13.2 Å². The Labute approximate surface area is 151 Å². The average Bonchev–Trinajstić information content (AvgIpc) is 3.14. The molecule has 0 saturated heterocycles. The molecule has 25 heavy (non-hydrogen) atoms. The van der Waals surface area contributed by atoms with Gasteiger partial charge in [-0.3, -0.25) is 4.79 Å². The van der Waals surface area contributed by atoms with Crippen molar-refractivity contribution in [3.8, 4) is 11.5 Å². The van der Waals surface area contributed by atoms with Crippen LogP contribution in [0, 0.1) is 0 Å². The Morgan fingerprint density at radius 2 is 2.20 bits per heavy atom. The third-order valence-electron chi connectivity index (χ3n) is 3.96. The number of ether oxygens (including phenoxy) is 2. The van der Waals surface area contributed by atoms with Crippen LogP contribution in [0.15, 0.2) is 41.8 Å². The van der Waals surface area contributed by atoms with Crippen LogP contribution in [0.3, 0.4) is 0 Å². The summed E-state index contributed by atoms with van der Waals surface area (Å²) < 4.78 is 13.1. The zero-order valence-electron chi connectivity index (χ0n) is 14.3. The van der Waals surface area contributed by atoms with Gasteiger partial charge < -0.3 is 19.4 Å². The number of amides is 1. The van der Waals surface area contributed by atoms with E-state index in [0.717, 1.165) is 35.1 Å². The van der Waals surface area contributed by atoms with Gasteiger partial charge in [0.05, 0.1) is 6.33 Å². The van der Waals surface area contributed by atoms with Gasteiger partial charge in [0.2, 0.25) is 5.91 Å². The summed E-state index contributed by atoms with van der Waals surface area (Å²) in [6.07, 6.45) is 6.80. The number of aromatic nitrogens is 2. The van der Waals surface area contributed by atoms with Crippen LogP contribution < -0.4 is 14.8 Å². The van der Waals surface area contributed by atoms with Crippen molar-refractivity contribution >= 4 is 17.7 Å². The van der Waals surface area contributed by atoms with Crippen molar-refractivity contribution < 1.29 is 14.3 Å². The maximum absolute atomic E-state index is 12.2. The lowest BCUT2D eigenvalue weighted by Gasteiger charge is -2.19. The number of imidazole rings is 1. The van der Waals surface area contributed by atoms with Crippen LogP contribution in [0.5, 0.6) is 11.5 Å². The van der Waals surface area contributed by atoms with Crippen molar-refractivity contribution in [2.24, 2.45) is 0 Å². The van der Waals surface area contributed by atoms with Gasteiger partial charge in [0, 0.05) is 42.0 Å². The van der Waals surface area contributed by atoms with E-state index in [1.54, 1.807) is 24.3 Å². The topological polar surface area (TPSA) is 65.4 Å². The Hall–Kier alpha value is -2.15. The van der Waals surface area contributed by atoms with E-state index in [-0.39, 0.29) is 11.9 Å². The minimum Gasteiger partial charge on any atom is -0.486 e. The summed E-state index contributed by atoms with van der Waals surface area (Å²) in [5, 5.41) is 3.10. The summed E-state index contributed by atoms with van der Waals surface area (Å²) in [4.78, 5) is 17.3. The minimum absolute atomic E-state index is 0.0806. The molecule has 134 valence electrons. The molecule has 7 heteroatoms. The van der Waals surface area contributed by atoms with Crippen LogP contribution in [0.1, 0.15) is 19.8 Å². The van der Waals surface area contributed by atoms with Gasteiger partial charge in [-0.25, -0.2) is 4.98 Å². The van der Waals surface area contributed by atoms with Gasteiger partial charge in [-0.1, -0.05) is 6.92 Å². The molecule has 1 aliphatic heterocycles. The first-order valence-electron chi connectivity index (χ1n) is 8.52. The molecule has 6 nitrogen and oxygen atoms in total. The molecular formula is C18H23N3O3S. The molecule has 1 aliphatic rings. The maximum atomic E-state index is 12.2. The molecule has 1 N–H and O–H groups in total. The lowest BCUT2D eigenvalue weighted by atomic mass is 10.2. The molecule has 1 atom stereocenters. The number of benzene rings is 1. The molecule has 0 bridgehead atoms. The monoisotopic (exact) mass is 361 g/mol. The van der Waals surface area contributed by atoms with E-state index < -0.39 is 0 Å². The van der Waals surface area contributed by atoms with E-state index in [9.17, 15) is 4.79 Å². The largest absolute Gasteiger partial charge is 0.486 e. The van der Waals surface area contributed by atoms with Crippen LogP contribution in [-0.4, -0.2) is 40.5 Å². The highest BCUT2D eigenvalue weighted by molar-refractivity contribution is 7.99. The van der Waals surface area contributed by atoms with Gasteiger partial charge in [-0.2, -0.15) is 0 Å². The molecule has 2 heterocycles. The molecule has 2 aromatic rings. The first-order chi connectivity index (χ1) is 12.2. The molecule has 0 saturated carbocycles. The van der Waals surface area contributed by atoms with Gasteiger partial charge in [-0.05, 0) is 24.6 Å². The summed E-state index contributed by atoms with van der Waals surface area (Å²) in [6.45, 7) is 4.00. The van der Waals surface area contributed by atoms with E-state index >= 15 is 0 Å². The fourth-order valence-electron chi connectivity index (χ4n) is 2.60. The van der Waals surface area contributed by atoms with Gasteiger partial charge in [0.25, 0.3) is 0 Å². The lowest BCUT2D eigenvalue weighted by Crippen LogP contribution is -2.37. The lowest BCUT2D eigenvalue weighted by molar-refractivity contribution is -0.121. The van der Waals surface area contributed by atoms with Crippen molar-refractivity contribution in [2.45, 2.75) is 37.2 Å². The van der Waals surface area contributed by atoms with Gasteiger partial charge in [-0.15, -0.1) is 11.8 Å². The second-order valence-electron chi connectivity index (χ2n) is 5.84. The molecule has 3 rings (SSSR count). The van der Waals surface area contributed by atoms with Crippen molar-refractivity contribution in [1.29, 1.82) is 0 Å². The van der Waals surface area contributed by atoms with E-state index in [1.807, 2.05) is 29.0 Å². The predicted molar refractivity (Wildman–Crippen MR) is 97.2 cm³/mol. The van der Waals surface area contributed by atoms with Crippen molar-refractivity contribution in [1.82, 2.24) is 14.9 Å². The normalized spacial score (nSPS) is 14.1. The Morgan fingerprint density at radius 3 is 2.96 bits per heavy atom. The Balaban J connectivity index is 1.42. The third kappa shape index (κ3) is 5.16. The predicted octanol–water partition coefficient (Wildman–Crippen LogP) is 2.73. The third-order valence-corrected chi connectivity index (χ3v) is 4.96. The van der Waals surface area contributed by atoms with Crippen LogP contribution in [-0.2, 0) is 11.3 Å². The molecule has 0 unspecified atom stereocenters. The first-order valence-corrected chi connectivity index (χ1v) is 9.50. The van der Waals surface area contributed by atoms with Gasteiger partial charge >= 0.3 is 0 Å². The number of hydrogen-bond acceptors (Lipinski definition) is 5. The molecule has 1 aromatic heterocycles. The van der Waals surface area contributed by atoms with Crippen LogP contribution >= 0.6 is 11.8 Å². The Kier molecular flexibility index (Phi) is 6.22. The zero-order chi connectivity index (χ0) is 17.5. The van der Waals surface area contributed by atoms with Crippen LogP contribution in [0.2, 0.25) is 0 Å². The number of carbonyl (C=O) groups is 1. The quantitative estimate of drug-likeness (QED) is 0.733. The van der Waals surface area contributed by atoms with Crippen molar-refractivity contribution in [3.63, 3.8) is 0 Å². The smallest absolute Gasteiger partial charge is 0.221 e. The van der Waals surface area contributed by atoms with Crippen molar-refractivity contribution in [2.75, 3.05) is 19.0 Å². The summed E-state index contributed by atoms with van der Waals surface area (Å²) in [5.74, 6) is 2.38. The molecule has 0 fully saturated rings.